The predicted molar refractivity (Wildman–Crippen MR) is 139 cm³/mol. The number of pyridine rings is 2. The molecule has 1 saturated carbocycles. The van der Waals surface area contributed by atoms with Gasteiger partial charge in [-0.15, -0.1) is 0 Å². The molecule has 37 heavy (non-hydrogen) atoms. The van der Waals surface area contributed by atoms with E-state index >= 15 is 0 Å². The van der Waals surface area contributed by atoms with E-state index in [9.17, 15) is 13.6 Å². The van der Waals surface area contributed by atoms with Crippen LogP contribution in [0.1, 0.15) is 72.4 Å². The average molecular weight is 510 g/mol. The van der Waals surface area contributed by atoms with Crippen LogP contribution in [-0.4, -0.2) is 48.7 Å². The third-order valence-electron chi connectivity index (χ3n) is 7.31. The van der Waals surface area contributed by atoms with Crippen molar-refractivity contribution in [1.29, 1.82) is 0 Å². The lowest BCUT2D eigenvalue weighted by Gasteiger charge is -2.27. The summed E-state index contributed by atoms with van der Waals surface area (Å²) in [6, 6.07) is 4.13. The summed E-state index contributed by atoms with van der Waals surface area (Å²) in [6.45, 7) is 8.12. The summed E-state index contributed by atoms with van der Waals surface area (Å²) in [7, 11) is 1.21. The van der Waals surface area contributed by atoms with Crippen molar-refractivity contribution < 1.29 is 18.3 Å². The predicted octanol–water partition coefficient (Wildman–Crippen LogP) is 4.78. The standard InChI is InChI=1S/C28H33F2N5O2/c1-15-9-11-35(12-10-31-15)26-20-13-16(2)33-24(18-5-6-18)25(20)32-14-21(26)28(36)34-17(3)19-7-8-22(29)27(37-4)23(19)30/h7-8,13-15,17-18,31H,5-6,9-12H2,1-4H3,(H,34,36)/t15-,17-/m0/s1. The highest BCUT2D eigenvalue weighted by molar-refractivity contribution is 6.08. The Morgan fingerprint density at radius 3 is 2.76 bits per heavy atom. The van der Waals surface area contributed by atoms with Crippen LogP contribution >= 0.6 is 0 Å². The van der Waals surface area contributed by atoms with Gasteiger partial charge < -0.3 is 20.3 Å². The molecular formula is C28H33F2N5O2. The highest BCUT2D eigenvalue weighted by Crippen LogP contribution is 2.43. The van der Waals surface area contributed by atoms with Gasteiger partial charge in [-0.05, 0) is 52.2 Å². The summed E-state index contributed by atoms with van der Waals surface area (Å²) in [6.07, 6.45) is 4.74. The maximum absolute atomic E-state index is 14.9. The minimum Gasteiger partial charge on any atom is -0.491 e. The summed E-state index contributed by atoms with van der Waals surface area (Å²) in [5.41, 5.74) is 4.13. The molecular weight excluding hydrogens is 476 g/mol. The first-order chi connectivity index (χ1) is 17.8. The van der Waals surface area contributed by atoms with E-state index in [0.29, 0.717) is 17.5 Å². The zero-order valence-electron chi connectivity index (χ0n) is 21.7. The summed E-state index contributed by atoms with van der Waals surface area (Å²) in [5, 5.41) is 7.33. The number of carbonyl (C=O) groups excluding carboxylic acids is 1. The molecule has 2 N–H and O–H groups in total. The van der Waals surface area contributed by atoms with E-state index in [0.717, 1.165) is 72.9 Å². The Morgan fingerprint density at radius 1 is 1.24 bits per heavy atom. The molecule has 1 amide bonds. The molecule has 1 aliphatic carbocycles. The van der Waals surface area contributed by atoms with Gasteiger partial charge in [-0.25, -0.2) is 8.78 Å². The van der Waals surface area contributed by atoms with Gasteiger partial charge in [0.25, 0.3) is 5.91 Å². The largest absolute Gasteiger partial charge is 0.491 e. The Balaban J connectivity index is 1.57. The number of rotatable bonds is 6. The van der Waals surface area contributed by atoms with Crippen molar-refractivity contribution in [3.63, 3.8) is 0 Å². The van der Waals surface area contributed by atoms with Gasteiger partial charge in [0.15, 0.2) is 17.4 Å². The van der Waals surface area contributed by atoms with Gasteiger partial charge in [-0.1, -0.05) is 6.07 Å². The lowest BCUT2D eigenvalue weighted by atomic mass is 10.0. The van der Waals surface area contributed by atoms with Crippen LogP contribution < -0.4 is 20.3 Å². The number of anilines is 1. The Bertz CT molecular complexity index is 1340. The topological polar surface area (TPSA) is 79.4 Å². The van der Waals surface area contributed by atoms with Crippen molar-refractivity contribution in [2.75, 3.05) is 31.6 Å². The second-order valence-electron chi connectivity index (χ2n) is 10.1. The van der Waals surface area contributed by atoms with E-state index in [2.05, 4.69) is 22.5 Å². The van der Waals surface area contributed by atoms with Crippen molar-refractivity contribution >= 4 is 22.5 Å². The summed E-state index contributed by atoms with van der Waals surface area (Å²) in [4.78, 5) is 25.5. The number of hydrogen-bond acceptors (Lipinski definition) is 6. The van der Waals surface area contributed by atoms with Crippen molar-refractivity contribution in [3.8, 4) is 5.75 Å². The van der Waals surface area contributed by atoms with Gasteiger partial charge in [0.1, 0.15) is 0 Å². The molecule has 5 rings (SSSR count). The van der Waals surface area contributed by atoms with Crippen LogP contribution in [0.2, 0.25) is 0 Å². The number of amides is 1. The first-order valence-corrected chi connectivity index (χ1v) is 12.9. The third kappa shape index (κ3) is 4.97. The van der Waals surface area contributed by atoms with Crippen LogP contribution in [-0.2, 0) is 0 Å². The van der Waals surface area contributed by atoms with Crippen molar-refractivity contribution in [1.82, 2.24) is 20.6 Å². The molecule has 0 unspecified atom stereocenters. The molecule has 2 fully saturated rings. The van der Waals surface area contributed by atoms with Crippen LogP contribution in [0.15, 0.2) is 24.4 Å². The molecule has 3 heterocycles. The molecule has 9 heteroatoms. The number of aryl methyl sites for hydroxylation is 1. The molecule has 2 aliphatic rings. The Morgan fingerprint density at radius 2 is 2.03 bits per heavy atom. The van der Waals surface area contributed by atoms with Crippen LogP contribution in [0, 0.1) is 18.6 Å². The number of fused-ring (bicyclic) bond motifs is 1. The molecule has 3 aromatic rings. The number of nitrogens with zero attached hydrogens (tertiary/aromatic N) is 3. The second kappa shape index (κ2) is 10.2. The number of methoxy groups -OCH3 is 1. The van der Waals surface area contributed by atoms with E-state index in [-0.39, 0.29) is 11.5 Å². The lowest BCUT2D eigenvalue weighted by Crippen LogP contribution is -2.33. The second-order valence-corrected chi connectivity index (χ2v) is 10.1. The van der Waals surface area contributed by atoms with E-state index < -0.39 is 23.4 Å². The molecule has 0 radical (unpaired) electrons. The van der Waals surface area contributed by atoms with Gasteiger partial charge in [0.2, 0.25) is 0 Å². The summed E-state index contributed by atoms with van der Waals surface area (Å²) in [5.74, 6) is -2.04. The molecule has 1 aromatic carbocycles. The number of nitrogens with one attached hydrogen (secondary N) is 2. The van der Waals surface area contributed by atoms with Crippen molar-refractivity contribution in [2.24, 2.45) is 0 Å². The van der Waals surface area contributed by atoms with Crippen LogP contribution in [0.4, 0.5) is 14.5 Å². The van der Waals surface area contributed by atoms with Crippen molar-refractivity contribution in [2.45, 2.75) is 58.0 Å². The number of hydrogen-bond donors (Lipinski definition) is 2. The quantitative estimate of drug-likeness (QED) is 0.498. The first kappa shape index (κ1) is 25.3. The number of halogens is 2. The molecule has 196 valence electrons. The number of benzene rings is 1. The number of carbonyl (C=O) groups is 1. The van der Waals surface area contributed by atoms with E-state index in [1.54, 1.807) is 13.1 Å². The number of ether oxygens (including phenoxy) is 1. The van der Waals surface area contributed by atoms with Crippen LogP contribution in [0.5, 0.6) is 5.75 Å². The van der Waals surface area contributed by atoms with Gasteiger partial charge in [-0.3, -0.25) is 14.8 Å². The fourth-order valence-electron chi connectivity index (χ4n) is 5.14. The lowest BCUT2D eigenvalue weighted by molar-refractivity contribution is 0.0939. The maximum Gasteiger partial charge on any atom is 0.255 e. The third-order valence-corrected chi connectivity index (χ3v) is 7.31. The molecule has 2 atom stereocenters. The zero-order chi connectivity index (χ0) is 26.3. The first-order valence-electron chi connectivity index (χ1n) is 12.9. The van der Waals surface area contributed by atoms with Crippen LogP contribution in [0.25, 0.3) is 10.9 Å². The summed E-state index contributed by atoms with van der Waals surface area (Å²) >= 11 is 0. The monoisotopic (exact) mass is 509 g/mol. The fourth-order valence-corrected chi connectivity index (χ4v) is 5.14. The van der Waals surface area contributed by atoms with Gasteiger partial charge in [0, 0.05) is 54.4 Å². The SMILES string of the molecule is COc1c(F)ccc([C@H](C)NC(=O)c2cnc3c(C4CC4)nc(C)cc3c2N2CCN[C@@H](C)CC2)c1F. The minimum atomic E-state index is -0.824. The van der Waals surface area contributed by atoms with Crippen molar-refractivity contribution in [3.05, 3.63) is 58.5 Å². The Hall–Kier alpha value is -3.33. The van der Waals surface area contributed by atoms with E-state index in [4.69, 9.17) is 14.7 Å². The summed E-state index contributed by atoms with van der Waals surface area (Å²) < 4.78 is 33.7. The highest BCUT2D eigenvalue weighted by Gasteiger charge is 2.31. The molecule has 1 aliphatic heterocycles. The average Bonchev–Trinajstić information content (AvgIpc) is 3.71. The number of aromatic nitrogens is 2. The molecule has 0 bridgehead atoms. The van der Waals surface area contributed by atoms with Gasteiger partial charge in [0.05, 0.1) is 35.6 Å². The van der Waals surface area contributed by atoms with Crippen LogP contribution in [0.3, 0.4) is 0 Å². The molecule has 1 saturated heterocycles. The smallest absolute Gasteiger partial charge is 0.255 e. The fraction of sp³-hybridized carbons (Fsp3) is 0.464. The Labute approximate surface area is 215 Å². The van der Waals surface area contributed by atoms with E-state index in [1.807, 2.05) is 13.0 Å². The normalized spacial score (nSPS) is 19.0. The molecule has 7 nitrogen and oxygen atoms in total. The van der Waals surface area contributed by atoms with Gasteiger partial charge >= 0.3 is 0 Å². The minimum absolute atomic E-state index is 0.144. The Kier molecular flexibility index (Phi) is 6.98. The van der Waals surface area contributed by atoms with E-state index in [1.165, 1.54) is 13.2 Å². The highest BCUT2D eigenvalue weighted by atomic mass is 19.1. The zero-order valence-corrected chi connectivity index (χ0v) is 21.7. The molecule has 2 aromatic heterocycles. The molecule has 0 spiro atoms. The maximum atomic E-state index is 14.9. The van der Waals surface area contributed by atoms with Gasteiger partial charge in [-0.2, -0.15) is 0 Å².